The van der Waals surface area contributed by atoms with Crippen molar-refractivity contribution < 1.29 is 122 Å². The quantitative estimate of drug-likeness (QED) is 0.00858. The number of esters is 2. The summed E-state index contributed by atoms with van der Waals surface area (Å²) in [5.74, 6) is -5.59. The lowest BCUT2D eigenvalue weighted by atomic mass is 10.0. The van der Waals surface area contributed by atoms with Crippen molar-refractivity contribution in [1.82, 2.24) is 41.3 Å². The predicted molar refractivity (Wildman–Crippen MR) is 419 cm³/mol. The highest BCUT2D eigenvalue weighted by Gasteiger charge is 2.42. The predicted octanol–water partition coefficient (Wildman–Crippen LogP) is 5.27. The molecule has 0 saturated carbocycles. The Balaban J connectivity index is 0.000000370. The highest BCUT2D eigenvalue weighted by molar-refractivity contribution is 7.99. The summed E-state index contributed by atoms with van der Waals surface area (Å²) in [6.07, 6.45) is 8.74. The number of thioether (sulfide) groups is 1. The number of unbranched alkanes of at least 4 members (excludes halogenated alkanes) is 4. The highest BCUT2D eigenvalue weighted by Crippen LogP contribution is 2.25. The van der Waals surface area contributed by atoms with Gasteiger partial charge in [-0.3, -0.25) is 49.6 Å². The number of carboxylic acid groups (broad SMARTS) is 4. The number of carbonyl (C=O) groups excluding carboxylic acids is 7. The molecular formula is C76H112N12O28S. The van der Waals surface area contributed by atoms with Crippen LogP contribution < -0.4 is 32.3 Å². The van der Waals surface area contributed by atoms with E-state index in [1.807, 2.05) is 91.0 Å². The maximum atomic E-state index is 13.7. The van der Waals surface area contributed by atoms with Crippen LogP contribution in [0.15, 0.2) is 91.0 Å². The molecule has 0 aromatic heterocycles. The highest BCUT2D eigenvalue weighted by atomic mass is 32.2. The SMILES string of the molecule is CCOC(=O)C(CCc1ccccc1)NC(CCCCN)C(=O)N1CCCC1C(=O)OCCSCCO[N+](=O)[O-].O=C(NCCCCC(NC(CCc1ccccc1)C(=O)O)C(=O)N1CCCC1C(=O)O)OCCCCO[N+](=O)[O-].O=C(NCCCCC(NC(CCc1ccccc1)C(=O)O)C(=O)N1CCCC1C(=O)O)OCO[N+](=O)[O-]. The minimum Gasteiger partial charge on any atom is -0.480 e. The fraction of sp³-hybridized carbons (Fsp3) is 0.618. The third-order valence-corrected chi connectivity index (χ3v) is 19.9. The Morgan fingerprint density at radius 1 is 0.453 bits per heavy atom. The Bertz CT molecular complexity index is 3550. The number of ether oxygens (including phenoxy) is 4. The Labute approximate surface area is 681 Å². The number of likely N-dealkylation sites (tertiary alicyclic amines) is 3. The van der Waals surface area contributed by atoms with Gasteiger partial charge in [0.05, 0.1) is 37.9 Å². The minimum absolute atomic E-state index is 0.0345. The van der Waals surface area contributed by atoms with Gasteiger partial charge < -0.3 is 80.1 Å². The number of rotatable bonds is 55. The van der Waals surface area contributed by atoms with Crippen LogP contribution in [-0.4, -0.2) is 261 Å². The molecule has 3 fully saturated rings. The van der Waals surface area contributed by atoms with Crippen molar-refractivity contribution in [2.24, 2.45) is 5.73 Å². The molecule has 40 nitrogen and oxygen atoms in total. The van der Waals surface area contributed by atoms with Crippen LogP contribution >= 0.6 is 11.8 Å². The average Bonchev–Trinajstić information content (AvgIpc) is 1.79. The van der Waals surface area contributed by atoms with Crippen LogP contribution in [0.5, 0.6) is 0 Å². The molecular weight excluding hydrogens is 1560 g/mol. The van der Waals surface area contributed by atoms with Crippen LogP contribution in [0.4, 0.5) is 9.59 Å². The van der Waals surface area contributed by atoms with Gasteiger partial charge in [0.1, 0.15) is 49.5 Å². The summed E-state index contributed by atoms with van der Waals surface area (Å²) in [5, 5.41) is 80.2. The fourth-order valence-corrected chi connectivity index (χ4v) is 13.7. The lowest BCUT2D eigenvalue weighted by Crippen LogP contribution is -2.54. The standard InChI is InChI=1S/C27H42N4O8S.C26H38N4O10.C23H32N4O10/c1-2-37-26(33)23(14-13-21-9-4-3-5-10-21)29-22(11-6-7-15-28)25(32)30-16-8-12-24(30)27(34)38-17-19-40-20-18-39-31(35)36;31-23(29-16-8-12-22(29)25(34)35)20(28-21(24(32)33)14-13-19-9-2-1-3-10-19)11-4-5-15-27-26(36)39-17-6-7-18-40-30(37)38;28-20(26-14-6-10-19(26)22(31)32)17(9-4-5-13-24-23(33)36-15-37-27(34)35)25-18(21(29)30)12-11-16-7-2-1-3-8-16/h3-5,9-10,22-24,29H,2,6-8,11-20,28H2,1H3;1-3,9-10,20-22,28H,4-8,11-18H2,(H,27,36)(H,32,33)(H,34,35);1-3,7-8,17-19,25H,4-6,9-15H2,(H,24,33)(H,29,30)(H,31,32). The van der Waals surface area contributed by atoms with Gasteiger partial charge in [0, 0.05) is 44.2 Å². The molecule has 0 aliphatic carbocycles. The molecule has 0 radical (unpaired) electrons. The topological polar surface area (TPSA) is 559 Å². The molecule has 3 aromatic carbocycles. The average molecular weight is 1670 g/mol. The number of nitrogens with two attached hydrogens (primary N) is 1. The molecule has 0 bridgehead atoms. The second-order valence-electron chi connectivity index (χ2n) is 27.3. The Hall–Kier alpha value is -10.8. The maximum Gasteiger partial charge on any atom is 0.409 e. The van der Waals surface area contributed by atoms with Gasteiger partial charge in [-0.25, -0.2) is 24.0 Å². The Kier molecular flexibility index (Phi) is 48.3. The van der Waals surface area contributed by atoms with E-state index in [1.165, 1.54) is 21.6 Å². The third kappa shape index (κ3) is 40.1. The molecule has 41 heteroatoms. The van der Waals surface area contributed by atoms with E-state index < -0.39 is 136 Å². The molecule has 3 aliphatic heterocycles. The number of hydrogen-bond donors (Lipinski definition) is 10. The number of amides is 5. The fourth-order valence-electron chi connectivity index (χ4n) is 13.1. The number of benzene rings is 3. The van der Waals surface area contributed by atoms with Crippen molar-refractivity contribution in [2.75, 3.05) is 90.6 Å². The zero-order valence-electron chi connectivity index (χ0n) is 65.8. The molecule has 9 unspecified atom stereocenters. The first kappa shape index (κ1) is 98.6. The summed E-state index contributed by atoms with van der Waals surface area (Å²) in [6, 6.07) is 20.7. The van der Waals surface area contributed by atoms with E-state index in [9.17, 15) is 104 Å². The van der Waals surface area contributed by atoms with Gasteiger partial charge in [0.15, 0.2) is 0 Å². The van der Waals surface area contributed by atoms with Crippen LogP contribution in [-0.2, 0) is 95.9 Å². The summed E-state index contributed by atoms with van der Waals surface area (Å²) < 4.78 is 20.2. The first-order chi connectivity index (χ1) is 56.2. The van der Waals surface area contributed by atoms with Gasteiger partial charge in [0.25, 0.3) is 15.3 Å². The van der Waals surface area contributed by atoms with E-state index >= 15 is 0 Å². The van der Waals surface area contributed by atoms with Gasteiger partial charge in [-0.1, -0.05) is 97.4 Å². The van der Waals surface area contributed by atoms with Gasteiger partial charge in [-0.2, -0.15) is 11.8 Å². The number of aryl methyl sites for hydroxylation is 3. The summed E-state index contributed by atoms with van der Waals surface area (Å²) >= 11 is 1.37. The number of hydrogen-bond acceptors (Lipinski definition) is 29. The molecule has 3 heterocycles. The van der Waals surface area contributed by atoms with Crippen LogP contribution in [0, 0.1) is 30.3 Å². The van der Waals surface area contributed by atoms with Gasteiger partial charge >= 0.3 is 48.0 Å². The molecule has 11 N–H and O–H groups in total. The van der Waals surface area contributed by atoms with E-state index in [4.69, 9.17) is 19.9 Å². The van der Waals surface area contributed by atoms with Crippen LogP contribution in [0.3, 0.4) is 0 Å². The zero-order chi connectivity index (χ0) is 85.7. The van der Waals surface area contributed by atoms with Crippen molar-refractivity contribution in [3.05, 3.63) is 138 Å². The lowest BCUT2D eigenvalue weighted by molar-refractivity contribution is -0.765. The van der Waals surface area contributed by atoms with Crippen LogP contribution in [0.2, 0.25) is 0 Å². The molecule has 3 aliphatic rings. The van der Waals surface area contributed by atoms with Crippen molar-refractivity contribution >= 4 is 77.5 Å². The van der Waals surface area contributed by atoms with Crippen molar-refractivity contribution in [2.45, 2.75) is 209 Å². The maximum absolute atomic E-state index is 13.7. The van der Waals surface area contributed by atoms with E-state index in [0.29, 0.717) is 147 Å². The normalized spacial score (nSPS) is 16.3. The second kappa shape index (κ2) is 57.3. The first-order valence-electron chi connectivity index (χ1n) is 39.2. The first-order valence-corrected chi connectivity index (χ1v) is 40.4. The Morgan fingerprint density at radius 3 is 1.26 bits per heavy atom. The van der Waals surface area contributed by atoms with E-state index in [-0.39, 0.29) is 84.3 Å². The van der Waals surface area contributed by atoms with Gasteiger partial charge in [0.2, 0.25) is 24.5 Å². The number of nitrogens with zero attached hydrogens (tertiary/aromatic N) is 6. The van der Waals surface area contributed by atoms with E-state index in [1.54, 1.807) is 11.8 Å². The monoisotopic (exact) mass is 1670 g/mol. The second-order valence-corrected chi connectivity index (χ2v) is 28.6. The van der Waals surface area contributed by atoms with E-state index in [0.717, 1.165) is 23.1 Å². The van der Waals surface area contributed by atoms with E-state index in [2.05, 4.69) is 45.8 Å². The Morgan fingerprint density at radius 2 is 0.838 bits per heavy atom. The number of carbonyl (C=O) groups is 11. The molecule has 650 valence electrons. The lowest BCUT2D eigenvalue weighted by Gasteiger charge is -2.30. The van der Waals surface area contributed by atoms with Crippen molar-refractivity contribution in [1.29, 1.82) is 0 Å². The molecule has 3 aromatic rings. The molecule has 5 amide bonds. The number of carboxylic acids is 4. The van der Waals surface area contributed by atoms with Gasteiger partial charge in [-0.05, 0) is 171 Å². The minimum atomic E-state index is -1.12. The summed E-state index contributed by atoms with van der Waals surface area (Å²) in [6.45, 7) is 3.09. The largest absolute Gasteiger partial charge is 0.480 e. The summed E-state index contributed by atoms with van der Waals surface area (Å²) in [5.41, 5.74) is 8.68. The molecule has 6 rings (SSSR count). The zero-order valence-corrected chi connectivity index (χ0v) is 66.6. The van der Waals surface area contributed by atoms with Crippen molar-refractivity contribution in [3.63, 3.8) is 0 Å². The number of aliphatic carboxylic acids is 4. The van der Waals surface area contributed by atoms with Crippen LogP contribution in [0.25, 0.3) is 0 Å². The molecule has 0 spiro atoms. The van der Waals surface area contributed by atoms with Crippen LogP contribution in [0.1, 0.15) is 152 Å². The third-order valence-electron chi connectivity index (χ3n) is 18.9. The molecule has 3 saturated heterocycles. The molecule has 117 heavy (non-hydrogen) atoms. The molecule has 9 atom stereocenters. The summed E-state index contributed by atoms with van der Waals surface area (Å²) in [7, 11) is 0. The number of alkyl carbamates (subject to hydrolysis) is 2. The van der Waals surface area contributed by atoms with Gasteiger partial charge in [-0.15, -0.1) is 30.3 Å². The van der Waals surface area contributed by atoms with Crippen molar-refractivity contribution in [3.8, 4) is 0 Å². The smallest absolute Gasteiger partial charge is 0.409 e. The summed E-state index contributed by atoms with van der Waals surface area (Å²) in [4.78, 5) is 183. The number of nitrogens with one attached hydrogen (secondary N) is 5.